The second-order valence-corrected chi connectivity index (χ2v) is 5.22. The maximum absolute atomic E-state index is 5.58. The van der Waals surface area contributed by atoms with E-state index in [0.717, 1.165) is 23.7 Å². The number of rotatable bonds is 7. The fourth-order valence-corrected chi connectivity index (χ4v) is 2.81. The molecule has 0 spiro atoms. The molecule has 98 valence electrons. The van der Waals surface area contributed by atoms with E-state index in [-0.39, 0.29) is 5.60 Å². The van der Waals surface area contributed by atoms with Gasteiger partial charge in [0.2, 0.25) is 0 Å². The lowest BCUT2D eigenvalue weighted by Gasteiger charge is -2.23. The van der Waals surface area contributed by atoms with Crippen molar-refractivity contribution in [2.75, 3.05) is 21.3 Å². The van der Waals surface area contributed by atoms with Crippen LogP contribution in [0.2, 0.25) is 0 Å². The molecule has 4 nitrogen and oxygen atoms in total. The topological polar surface area (TPSA) is 43.4 Å². The molecule has 5 heteroatoms. The van der Waals surface area contributed by atoms with Crippen molar-refractivity contribution >= 4 is 11.3 Å². The first kappa shape index (κ1) is 14.6. The lowest BCUT2D eigenvalue weighted by atomic mass is 10.1. The highest BCUT2D eigenvalue weighted by Crippen LogP contribution is 2.33. The number of nitrogens with zero attached hydrogens (tertiary/aromatic N) is 1. The number of hydrogen-bond acceptors (Lipinski definition) is 5. The second-order valence-electron chi connectivity index (χ2n) is 4.14. The van der Waals surface area contributed by atoms with E-state index >= 15 is 0 Å². The van der Waals surface area contributed by atoms with Gasteiger partial charge in [0.1, 0.15) is 10.6 Å². The van der Waals surface area contributed by atoms with Crippen LogP contribution in [0.4, 0.5) is 0 Å². The van der Waals surface area contributed by atoms with Gasteiger partial charge in [0.25, 0.3) is 0 Å². The van der Waals surface area contributed by atoms with E-state index in [1.165, 1.54) is 4.88 Å². The first-order chi connectivity index (χ1) is 8.11. The third-order valence-electron chi connectivity index (χ3n) is 2.97. The van der Waals surface area contributed by atoms with Crippen molar-refractivity contribution in [1.29, 1.82) is 0 Å². The summed E-state index contributed by atoms with van der Waals surface area (Å²) >= 11 is 1.70. The van der Waals surface area contributed by atoms with Crippen LogP contribution in [0.5, 0.6) is 0 Å². The molecule has 0 bridgehead atoms. The van der Waals surface area contributed by atoms with Crippen molar-refractivity contribution < 1.29 is 9.47 Å². The van der Waals surface area contributed by atoms with Gasteiger partial charge in [-0.1, -0.05) is 6.92 Å². The fourth-order valence-electron chi connectivity index (χ4n) is 1.54. The molecule has 0 aromatic carbocycles. The molecular formula is C12H22N2O2S. The van der Waals surface area contributed by atoms with Gasteiger partial charge in [0.15, 0.2) is 0 Å². The summed E-state index contributed by atoms with van der Waals surface area (Å²) in [6.45, 7) is 5.56. The van der Waals surface area contributed by atoms with E-state index in [1.807, 2.05) is 7.05 Å². The van der Waals surface area contributed by atoms with Crippen LogP contribution in [-0.2, 0) is 28.2 Å². The summed E-state index contributed by atoms with van der Waals surface area (Å²) in [6.07, 6.45) is 0.905. The van der Waals surface area contributed by atoms with Crippen LogP contribution in [-0.4, -0.2) is 26.3 Å². The van der Waals surface area contributed by atoms with Gasteiger partial charge in [-0.15, -0.1) is 11.3 Å². The molecule has 0 aliphatic heterocycles. The molecule has 0 saturated carbocycles. The average molecular weight is 258 g/mol. The first-order valence-corrected chi connectivity index (χ1v) is 6.60. The van der Waals surface area contributed by atoms with E-state index in [2.05, 4.69) is 24.1 Å². The van der Waals surface area contributed by atoms with Gasteiger partial charge in [0.05, 0.1) is 12.3 Å². The molecule has 0 aliphatic carbocycles. The number of nitrogens with one attached hydrogen (secondary N) is 1. The van der Waals surface area contributed by atoms with Crippen LogP contribution < -0.4 is 5.32 Å². The van der Waals surface area contributed by atoms with Gasteiger partial charge in [-0.25, -0.2) is 4.98 Å². The molecule has 1 heterocycles. The predicted molar refractivity (Wildman–Crippen MR) is 70.2 cm³/mol. The molecule has 1 rings (SSSR count). The van der Waals surface area contributed by atoms with E-state index < -0.39 is 0 Å². The van der Waals surface area contributed by atoms with Crippen LogP contribution in [0.15, 0.2) is 0 Å². The predicted octanol–water partition coefficient (Wildman–Crippen LogP) is 2.28. The molecule has 0 radical (unpaired) electrons. The number of thiazole rings is 1. The highest BCUT2D eigenvalue weighted by Gasteiger charge is 2.29. The Hall–Kier alpha value is -0.490. The SMILES string of the molecule is CCC(C)(OC)c1nc(COC)c(CNC)s1. The number of aromatic nitrogens is 1. The Balaban J connectivity index is 3.05. The number of ether oxygens (including phenoxy) is 2. The normalized spacial score (nSPS) is 14.9. The summed E-state index contributed by atoms with van der Waals surface area (Å²) in [4.78, 5) is 5.88. The molecule has 0 saturated heterocycles. The smallest absolute Gasteiger partial charge is 0.125 e. The zero-order chi connectivity index (χ0) is 12.9. The molecule has 1 aromatic heterocycles. The third-order valence-corrected chi connectivity index (χ3v) is 4.32. The van der Waals surface area contributed by atoms with Crippen molar-refractivity contribution in [3.63, 3.8) is 0 Å². The Labute approximate surface area is 107 Å². The number of hydrogen-bond donors (Lipinski definition) is 1. The van der Waals surface area contributed by atoms with Crippen LogP contribution in [0.3, 0.4) is 0 Å². The minimum atomic E-state index is -0.293. The zero-order valence-corrected chi connectivity index (χ0v) is 12.1. The van der Waals surface area contributed by atoms with Crippen molar-refractivity contribution in [3.05, 3.63) is 15.6 Å². The highest BCUT2D eigenvalue weighted by atomic mass is 32.1. The number of methoxy groups -OCH3 is 2. The lowest BCUT2D eigenvalue weighted by Crippen LogP contribution is -2.22. The molecule has 0 amide bonds. The van der Waals surface area contributed by atoms with E-state index in [4.69, 9.17) is 9.47 Å². The third kappa shape index (κ3) is 3.25. The van der Waals surface area contributed by atoms with E-state index in [0.29, 0.717) is 6.61 Å². The van der Waals surface area contributed by atoms with Crippen molar-refractivity contribution in [2.45, 2.75) is 39.0 Å². The largest absolute Gasteiger partial charge is 0.378 e. The first-order valence-electron chi connectivity index (χ1n) is 5.79. The summed E-state index contributed by atoms with van der Waals surface area (Å²) in [7, 11) is 5.36. The Morgan fingerprint density at radius 2 is 2.12 bits per heavy atom. The lowest BCUT2D eigenvalue weighted by molar-refractivity contribution is -0.00183. The standard InChI is InChI=1S/C12H22N2O2S/c1-6-12(2,16-5)11-14-9(8-15-4)10(17-11)7-13-3/h13H,6-8H2,1-5H3. The molecule has 0 fully saturated rings. The molecule has 1 atom stereocenters. The summed E-state index contributed by atoms with van der Waals surface area (Å²) in [6, 6.07) is 0. The van der Waals surface area contributed by atoms with E-state index in [1.54, 1.807) is 25.6 Å². The fraction of sp³-hybridized carbons (Fsp3) is 0.750. The summed E-state index contributed by atoms with van der Waals surface area (Å²) in [5.41, 5.74) is 0.720. The van der Waals surface area contributed by atoms with Crippen LogP contribution >= 0.6 is 11.3 Å². The summed E-state index contributed by atoms with van der Waals surface area (Å²) < 4.78 is 10.8. The van der Waals surface area contributed by atoms with Gasteiger partial charge >= 0.3 is 0 Å². The van der Waals surface area contributed by atoms with Crippen LogP contribution in [0, 0.1) is 0 Å². The average Bonchev–Trinajstić information content (AvgIpc) is 2.73. The van der Waals surface area contributed by atoms with Crippen molar-refractivity contribution in [1.82, 2.24) is 10.3 Å². The Kier molecular flexibility index (Phi) is 5.52. The monoisotopic (exact) mass is 258 g/mol. The van der Waals surface area contributed by atoms with E-state index in [9.17, 15) is 0 Å². The highest BCUT2D eigenvalue weighted by molar-refractivity contribution is 7.11. The quantitative estimate of drug-likeness (QED) is 0.815. The van der Waals surface area contributed by atoms with Gasteiger partial charge < -0.3 is 14.8 Å². The Bertz CT molecular complexity index is 325. The maximum atomic E-state index is 5.58. The molecule has 1 unspecified atom stereocenters. The maximum Gasteiger partial charge on any atom is 0.125 e. The van der Waals surface area contributed by atoms with Gasteiger partial charge in [-0.3, -0.25) is 0 Å². The summed E-state index contributed by atoms with van der Waals surface area (Å²) in [5.74, 6) is 0. The van der Waals surface area contributed by atoms with Crippen LogP contribution in [0.25, 0.3) is 0 Å². The minimum absolute atomic E-state index is 0.293. The van der Waals surface area contributed by atoms with Crippen LogP contribution in [0.1, 0.15) is 35.8 Å². The molecule has 17 heavy (non-hydrogen) atoms. The molecule has 1 aromatic rings. The summed E-state index contributed by atoms with van der Waals surface area (Å²) in [5, 5.41) is 4.19. The molecule has 1 N–H and O–H groups in total. The van der Waals surface area contributed by atoms with Gasteiger partial charge in [-0.2, -0.15) is 0 Å². The minimum Gasteiger partial charge on any atom is -0.378 e. The van der Waals surface area contributed by atoms with Crippen molar-refractivity contribution in [2.24, 2.45) is 0 Å². The van der Waals surface area contributed by atoms with Gasteiger partial charge in [0, 0.05) is 25.6 Å². The second kappa shape index (κ2) is 6.44. The van der Waals surface area contributed by atoms with Gasteiger partial charge in [-0.05, 0) is 20.4 Å². The van der Waals surface area contributed by atoms with Crippen molar-refractivity contribution in [3.8, 4) is 0 Å². The Morgan fingerprint density at radius 3 is 2.59 bits per heavy atom. The Morgan fingerprint density at radius 1 is 1.41 bits per heavy atom. The zero-order valence-electron chi connectivity index (χ0n) is 11.3. The molecule has 0 aliphatic rings. The molecular weight excluding hydrogens is 236 g/mol.